The molecule has 1 amide bonds. The van der Waals surface area contributed by atoms with Gasteiger partial charge in [-0.2, -0.15) is 0 Å². The van der Waals surface area contributed by atoms with E-state index in [1.54, 1.807) is 11.3 Å². The van der Waals surface area contributed by atoms with Gasteiger partial charge in [0.25, 0.3) is 5.91 Å². The van der Waals surface area contributed by atoms with Crippen molar-refractivity contribution >= 4 is 23.2 Å². The molecule has 122 valence electrons. The van der Waals surface area contributed by atoms with Gasteiger partial charge in [0.15, 0.2) is 0 Å². The largest absolute Gasteiger partial charge is 0.467 e. The Bertz CT molecular complexity index is 511. The number of methoxy groups -OCH3 is 1. The molecule has 1 N–H and O–H groups in total. The van der Waals surface area contributed by atoms with Gasteiger partial charge in [-0.25, -0.2) is 4.79 Å². The summed E-state index contributed by atoms with van der Waals surface area (Å²) in [5.41, 5.74) is 1.31. The summed E-state index contributed by atoms with van der Waals surface area (Å²) >= 11 is 1.57. The zero-order valence-corrected chi connectivity index (χ0v) is 14.4. The lowest BCUT2D eigenvalue weighted by Crippen LogP contribution is -2.44. The number of aryl methyl sites for hydroxylation is 2. The van der Waals surface area contributed by atoms with Crippen LogP contribution in [0.25, 0.3) is 0 Å². The average Bonchev–Trinajstić information content (AvgIpc) is 2.85. The Kier molecular flexibility index (Phi) is 6.00. The normalized spacial score (nSPS) is 16.4. The first kappa shape index (κ1) is 17.0. The van der Waals surface area contributed by atoms with E-state index in [-0.39, 0.29) is 11.8 Å². The molecule has 1 aromatic rings. The van der Waals surface area contributed by atoms with Gasteiger partial charge in [-0.05, 0) is 43.2 Å². The van der Waals surface area contributed by atoms with Crippen molar-refractivity contribution in [2.24, 2.45) is 5.92 Å². The molecular formula is C17H25NO3S. The Morgan fingerprint density at radius 1 is 1.18 bits per heavy atom. The van der Waals surface area contributed by atoms with Crippen molar-refractivity contribution in [2.45, 2.75) is 58.4 Å². The Morgan fingerprint density at radius 3 is 2.50 bits per heavy atom. The zero-order chi connectivity index (χ0) is 16.1. The summed E-state index contributed by atoms with van der Waals surface area (Å²) in [6.07, 6.45) is 7.07. The molecule has 0 aromatic carbocycles. The van der Waals surface area contributed by atoms with Crippen LogP contribution in [0.1, 0.15) is 59.6 Å². The van der Waals surface area contributed by atoms with Crippen LogP contribution in [0.3, 0.4) is 0 Å². The lowest BCUT2D eigenvalue weighted by molar-refractivity contribution is -0.144. The number of amides is 1. The first-order chi connectivity index (χ1) is 10.5. The van der Waals surface area contributed by atoms with Gasteiger partial charge >= 0.3 is 5.97 Å². The van der Waals surface area contributed by atoms with Crippen molar-refractivity contribution in [1.29, 1.82) is 0 Å². The van der Waals surface area contributed by atoms with Gasteiger partial charge in [-0.1, -0.05) is 26.7 Å². The summed E-state index contributed by atoms with van der Waals surface area (Å²) in [6.45, 7) is 3.80. The first-order valence-corrected chi connectivity index (χ1v) is 8.85. The zero-order valence-electron chi connectivity index (χ0n) is 13.6. The van der Waals surface area contributed by atoms with Crippen molar-refractivity contribution in [3.63, 3.8) is 0 Å². The number of esters is 1. The van der Waals surface area contributed by atoms with Crippen molar-refractivity contribution < 1.29 is 14.3 Å². The van der Waals surface area contributed by atoms with Gasteiger partial charge in [-0.15, -0.1) is 11.3 Å². The summed E-state index contributed by atoms with van der Waals surface area (Å²) in [7, 11) is 1.35. The monoisotopic (exact) mass is 323 g/mol. The Morgan fingerprint density at radius 2 is 1.86 bits per heavy atom. The molecule has 2 rings (SSSR count). The third-order valence-electron chi connectivity index (χ3n) is 4.13. The average molecular weight is 323 g/mol. The fourth-order valence-electron chi connectivity index (χ4n) is 2.79. The number of thiophene rings is 1. The number of carbonyl (C=O) groups is 2. The highest BCUT2D eigenvalue weighted by molar-refractivity contribution is 7.14. The number of carbonyl (C=O) groups excluding carboxylic acids is 2. The molecular weight excluding hydrogens is 298 g/mol. The second-order valence-electron chi connectivity index (χ2n) is 6.19. The second-order valence-corrected chi connectivity index (χ2v) is 7.33. The van der Waals surface area contributed by atoms with Gasteiger partial charge in [0, 0.05) is 4.88 Å². The SMILES string of the molecule is COC(=O)C(NC(=O)c1cc2c(s1)CCCCCC2)C(C)C. The van der Waals surface area contributed by atoms with Gasteiger partial charge in [0.05, 0.1) is 12.0 Å². The number of rotatable bonds is 4. The first-order valence-electron chi connectivity index (χ1n) is 8.03. The van der Waals surface area contributed by atoms with Crippen LogP contribution in [0.2, 0.25) is 0 Å². The Labute approximate surface area is 136 Å². The molecule has 5 heteroatoms. The lowest BCUT2D eigenvalue weighted by atomic mass is 9.99. The van der Waals surface area contributed by atoms with Crippen LogP contribution in [0, 0.1) is 5.92 Å². The van der Waals surface area contributed by atoms with Gasteiger partial charge < -0.3 is 10.1 Å². The summed E-state index contributed by atoms with van der Waals surface area (Å²) < 4.78 is 4.77. The van der Waals surface area contributed by atoms with Crippen LogP contribution in [0.15, 0.2) is 6.07 Å². The maximum absolute atomic E-state index is 12.5. The highest BCUT2D eigenvalue weighted by Crippen LogP contribution is 2.28. The number of fused-ring (bicyclic) bond motifs is 1. The third kappa shape index (κ3) is 4.09. The molecule has 1 atom stereocenters. The smallest absolute Gasteiger partial charge is 0.328 e. The van der Waals surface area contributed by atoms with Crippen molar-refractivity contribution in [2.75, 3.05) is 7.11 Å². The molecule has 1 heterocycles. The number of hydrogen-bond donors (Lipinski definition) is 1. The van der Waals surface area contributed by atoms with Crippen LogP contribution in [-0.2, 0) is 22.4 Å². The fourth-order valence-corrected chi connectivity index (χ4v) is 3.95. The molecule has 1 unspecified atom stereocenters. The standard InChI is InChI=1S/C17H25NO3S/c1-11(2)15(17(20)21-3)18-16(19)14-10-12-8-6-4-5-7-9-13(12)22-14/h10-11,15H,4-9H2,1-3H3,(H,18,19). The number of ether oxygens (including phenoxy) is 1. The topological polar surface area (TPSA) is 55.4 Å². The van der Waals surface area contributed by atoms with Crippen molar-refractivity contribution in [3.8, 4) is 0 Å². The summed E-state index contributed by atoms with van der Waals surface area (Å²) in [5.74, 6) is -0.559. The maximum atomic E-state index is 12.5. The quantitative estimate of drug-likeness (QED) is 0.865. The van der Waals surface area contributed by atoms with E-state index in [2.05, 4.69) is 5.32 Å². The third-order valence-corrected chi connectivity index (χ3v) is 5.36. The minimum absolute atomic E-state index is 0.00242. The molecule has 0 saturated carbocycles. The van der Waals surface area contributed by atoms with Crippen molar-refractivity contribution in [1.82, 2.24) is 5.32 Å². The minimum atomic E-state index is -0.595. The summed E-state index contributed by atoms with van der Waals surface area (Å²) in [5, 5.41) is 2.82. The van der Waals surface area contributed by atoms with Gasteiger partial charge in [0.2, 0.25) is 0 Å². The van der Waals surface area contributed by atoms with Crippen molar-refractivity contribution in [3.05, 3.63) is 21.4 Å². The predicted octanol–water partition coefficient (Wildman–Crippen LogP) is 3.33. The molecule has 1 aliphatic carbocycles. The summed E-state index contributed by atoms with van der Waals surface area (Å²) in [6, 6.07) is 1.41. The highest BCUT2D eigenvalue weighted by atomic mass is 32.1. The molecule has 0 bridgehead atoms. The maximum Gasteiger partial charge on any atom is 0.328 e. The Balaban J connectivity index is 2.12. The Hall–Kier alpha value is -1.36. The molecule has 4 nitrogen and oxygen atoms in total. The van der Waals surface area contributed by atoms with Gasteiger partial charge in [-0.3, -0.25) is 4.79 Å². The molecule has 0 saturated heterocycles. The molecule has 0 radical (unpaired) electrons. The minimum Gasteiger partial charge on any atom is -0.467 e. The molecule has 1 aliphatic rings. The van der Waals surface area contributed by atoms with Crippen LogP contribution in [-0.4, -0.2) is 25.0 Å². The van der Waals surface area contributed by atoms with Crippen LogP contribution < -0.4 is 5.32 Å². The molecule has 1 aromatic heterocycles. The van der Waals surface area contributed by atoms with E-state index < -0.39 is 12.0 Å². The lowest BCUT2D eigenvalue weighted by Gasteiger charge is -2.19. The number of hydrogen-bond acceptors (Lipinski definition) is 4. The predicted molar refractivity (Wildman–Crippen MR) is 88.3 cm³/mol. The van der Waals surface area contributed by atoms with Crippen LogP contribution in [0.5, 0.6) is 0 Å². The number of nitrogens with one attached hydrogen (secondary N) is 1. The van der Waals surface area contributed by atoms with E-state index in [1.807, 2.05) is 19.9 Å². The highest BCUT2D eigenvalue weighted by Gasteiger charge is 2.26. The summed E-state index contributed by atoms with van der Waals surface area (Å²) in [4.78, 5) is 26.3. The van der Waals surface area contributed by atoms with E-state index in [9.17, 15) is 9.59 Å². The second kappa shape index (κ2) is 7.77. The van der Waals surface area contributed by atoms with E-state index in [0.29, 0.717) is 4.88 Å². The van der Waals surface area contributed by atoms with E-state index in [4.69, 9.17) is 4.74 Å². The van der Waals surface area contributed by atoms with Crippen LogP contribution >= 0.6 is 11.3 Å². The molecule has 0 spiro atoms. The fraction of sp³-hybridized carbons (Fsp3) is 0.647. The molecule has 22 heavy (non-hydrogen) atoms. The van der Waals surface area contributed by atoms with Crippen LogP contribution in [0.4, 0.5) is 0 Å². The molecule has 0 aliphatic heterocycles. The molecule has 0 fully saturated rings. The van der Waals surface area contributed by atoms with E-state index in [1.165, 1.54) is 43.2 Å². The van der Waals surface area contributed by atoms with Gasteiger partial charge in [0.1, 0.15) is 6.04 Å². The van der Waals surface area contributed by atoms with E-state index >= 15 is 0 Å². The van der Waals surface area contributed by atoms with E-state index in [0.717, 1.165) is 12.8 Å².